The molecular formula is C30H36N4O5. The number of anilines is 1. The van der Waals surface area contributed by atoms with Gasteiger partial charge in [-0.25, -0.2) is 4.79 Å². The van der Waals surface area contributed by atoms with E-state index in [2.05, 4.69) is 10.6 Å². The lowest BCUT2D eigenvalue weighted by atomic mass is 9.93. The maximum atomic E-state index is 13.8. The fraction of sp³-hybridized carbons (Fsp3) is 0.333. The molecule has 3 aromatic rings. The van der Waals surface area contributed by atoms with Crippen LogP contribution in [0.15, 0.2) is 60.7 Å². The number of amides is 4. The average Bonchev–Trinajstić information content (AvgIpc) is 2.83. The Labute approximate surface area is 228 Å². The maximum Gasteiger partial charge on any atom is 0.408 e. The van der Waals surface area contributed by atoms with Crippen molar-refractivity contribution in [3.8, 4) is 0 Å². The molecule has 0 aliphatic heterocycles. The van der Waals surface area contributed by atoms with Crippen molar-refractivity contribution in [2.45, 2.75) is 58.7 Å². The molecule has 206 valence electrons. The SMILES string of the molecule is Cc1cccc(C)c1C(C(=O)Nc1ccc2ccccc2c1)N(C)C(=O)C(CC(N)=O)NC(=O)OC(C)(C)C. The molecule has 0 radical (unpaired) electrons. The summed E-state index contributed by atoms with van der Waals surface area (Å²) in [6, 6.07) is 16.5. The summed E-state index contributed by atoms with van der Waals surface area (Å²) in [5, 5.41) is 7.36. The van der Waals surface area contributed by atoms with Gasteiger partial charge in [0, 0.05) is 12.7 Å². The molecule has 4 N–H and O–H groups in total. The van der Waals surface area contributed by atoms with Crippen LogP contribution in [0.4, 0.5) is 10.5 Å². The molecule has 39 heavy (non-hydrogen) atoms. The number of alkyl carbamates (subject to hydrolysis) is 1. The van der Waals surface area contributed by atoms with E-state index in [-0.39, 0.29) is 0 Å². The Kier molecular flexibility index (Phi) is 8.96. The van der Waals surface area contributed by atoms with Gasteiger partial charge in [-0.2, -0.15) is 0 Å². The highest BCUT2D eigenvalue weighted by Crippen LogP contribution is 2.29. The lowest BCUT2D eigenvalue weighted by Gasteiger charge is -2.32. The number of primary amides is 1. The van der Waals surface area contributed by atoms with Gasteiger partial charge >= 0.3 is 6.09 Å². The molecule has 0 fully saturated rings. The van der Waals surface area contributed by atoms with Crippen molar-refractivity contribution in [3.63, 3.8) is 0 Å². The first kappa shape index (κ1) is 29.2. The van der Waals surface area contributed by atoms with Crippen LogP contribution in [0.1, 0.15) is 49.9 Å². The van der Waals surface area contributed by atoms with Crippen LogP contribution in [0.25, 0.3) is 10.8 Å². The summed E-state index contributed by atoms with van der Waals surface area (Å²) >= 11 is 0. The van der Waals surface area contributed by atoms with E-state index in [1.165, 1.54) is 11.9 Å². The molecule has 3 rings (SSSR count). The first-order valence-electron chi connectivity index (χ1n) is 12.7. The largest absolute Gasteiger partial charge is 0.444 e. The summed E-state index contributed by atoms with van der Waals surface area (Å²) < 4.78 is 5.27. The van der Waals surface area contributed by atoms with Gasteiger partial charge in [0.2, 0.25) is 11.8 Å². The van der Waals surface area contributed by atoms with E-state index in [1.807, 2.05) is 68.4 Å². The van der Waals surface area contributed by atoms with Gasteiger partial charge in [-0.3, -0.25) is 14.4 Å². The predicted octanol–water partition coefficient (Wildman–Crippen LogP) is 4.36. The Balaban J connectivity index is 1.98. The molecule has 0 aromatic heterocycles. The van der Waals surface area contributed by atoms with E-state index >= 15 is 0 Å². The Morgan fingerprint density at radius 1 is 0.923 bits per heavy atom. The summed E-state index contributed by atoms with van der Waals surface area (Å²) in [4.78, 5) is 53.1. The quantitative estimate of drug-likeness (QED) is 0.397. The molecule has 3 aromatic carbocycles. The summed E-state index contributed by atoms with van der Waals surface area (Å²) in [6.45, 7) is 8.75. The summed E-state index contributed by atoms with van der Waals surface area (Å²) in [7, 11) is 1.46. The van der Waals surface area contributed by atoms with Crippen LogP contribution in [0.3, 0.4) is 0 Å². The molecule has 0 bridgehead atoms. The Bertz CT molecular complexity index is 1380. The summed E-state index contributed by atoms with van der Waals surface area (Å²) in [6.07, 6.45) is -1.34. The minimum absolute atomic E-state index is 0.450. The molecule has 9 heteroatoms. The number of rotatable bonds is 8. The van der Waals surface area contributed by atoms with E-state index < -0.39 is 47.9 Å². The lowest BCUT2D eigenvalue weighted by Crippen LogP contribution is -2.52. The first-order valence-corrected chi connectivity index (χ1v) is 12.7. The number of carbonyl (C=O) groups excluding carboxylic acids is 4. The number of aryl methyl sites for hydroxylation is 2. The number of nitrogens with zero attached hydrogens (tertiary/aromatic N) is 1. The standard InChI is InChI=1S/C30H36N4O5/c1-18-10-9-11-19(2)25(18)26(27(36)32-22-15-14-20-12-7-8-13-21(20)16-22)34(6)28(37)23(17-24(31)35)33-29(38)39-30(3,4)5/h7-16,23,26H,17H2,1-6H3,(H2,31,35)(H,32,36)(H,33,38). The average molecular weight is 533 g/mol. The minimum Gasteiger partial charge on any atom is -0.444 e. The van der Waals surface area contributed by atoms with Crippen molar-refractivity contribution in [1.82, 2.24) is 10.2 Å². The van der Waals surface area contributed by atoms with Crippen molar-refractivity contribution in [2.24, 2.45) is 5.73 Å². The van der Waals surface area contributed by atoms with Crippen LogP contribution in [0.2, 0.25) is 0 Å². The van der Waals surface area contributed by atoms with Crippen molar-refractivity contribution in [1.29, 1.82) is 0 Å². The van der Waals surface area contributed by atoms with E-state index in [9.17, 15) is 19.2 Å². The van der Waals surface area contributed by atoms with Crippen molar-refractivity contribution in [3.05, 3.63) is 77.4 Å². The van der Waals surface area contributed by atoms with Gasteiger partial charge in [0.1, 0.15) is 17.7 Å². The monoisotopic (exact) mass is 532 g/mol. The van der Waals surface area contributed by atoms with E-state index in [0.29, 0.717) is 11.3 Å². The number of likely N-dealkylation sites (N-methyl/N-ethyl adjacent to an activating group) is 1. The third-order valence-corrected chi connectivity index (χ3v) is 6.21. The Hall–Kier alpha value is -4.40. The van der Waals surface area contributed by atoms with Gasteiger partial charge in [0.05, 0.1) is 6.42 Å². The molecule has 0 heterocycles. The summed E-state index contributed by atoms with van der Waals surface area (Å²) in [5.74, 6) is -1.91. The van der Waals surface area contributed by atoms with Gasteiger partial charge in [-0.05, 0) is 74.2 Å². The predicted molar refractivity (Wildman–Crippen MR) is 151 cm³/mol. The number of nitrogens with two attached hydrogens (primary N) is 1. The number of hydrogen-bond donors (Lipinski definition) is 3. The molecular weight excluding hydrogens is 496 g/mol. The fourth-order valence-electron chi connectivity index (χ4n) is 4.46. The molecule has 2 unspecified atom stereocenters. The van der Waals surface area contributed by atoms with Crippen LogP contribution in [-0.2, 0) is 19.1 Å². The number of carbonyl (C=O) groups is 4. The summed E-state index contributed by atoms with van der Waals surface area (Å²) in [5.41, 5.74) is 7.39. The molecule has 0 saturated carbocycles. The van der Waals surface area contributed by atoms with Crippen molar-refractivity contribution in [2.75, 3.05) is 12.4 Å². The molecule has 0 aliphatic rings. The maximum absolute atomic E-state index is 13.8. The highest BCUT2D eigenvalue weighted by atomic mass is 16.6. The van der Waals surface area contributed by atoms with Gasteiger partial charge in [-0.1, -0.05) is 48.5 Å². The normalized spacial score (nSPS) is 12.8. The van der Waals surface area contributed by atoms with Crippen molar-refractivity contribution >= 4 is 40.3 Å². The Morgan fingerprint density at radius 3 is 2.13 bits per heavy atom. The van der Waals surface area contributed by atoms with Crippen LogP contribution in [0, 0.1) is 13.8 Å². The van der Waals surface area contributed by atoms with Gasteiger partial charge < -0.3 is 26.0 Å². The third-order valence-electron chi connectivity index (χ3n) is 6.21. The van der Waals surface area contributed by atoms with E-state index in [0.717, 1.165) is 21.9 Å². The van der Waals surface area contributed by atoms with Crippen LogP contribution in [-0.4, -0.2) is 47.4 Å². The molecule has 0 saturated heterocycles. The number of fused-ring (bicyclic) bond motifs is 1. The zero-order valence-electron chi connectivity index (χ0n) is 23.2. The van der Waals surface area contributed by atoms with Crippen LogP contribution < -0.4 is 16.4 Å². The minimum atomic E-state index is -1.33. The lowest BCUT2D eigenvalue weighted by molar-refractivity contribution is -0.140. The molecule has 0 spiro atoms. The van der Waals surface area contributed by atoms with Gasteiger partial charge in [0.25, 0.3) is 5.91 Å². The Morgan fingerprint density at radius 2 is 1.54 bits per heavy atom. The fourth-order valence-corrected chi connectivity index (χ4v) is 4.46. The van der Waals surface area contributed by atoms with E-state index in [4.69, 9.17) is 10.5 Å². The highest BCUT2D eigenvalue weighted by Gasteiger charge is 2.36. The van der Waals surface area contributed by atoms with Gasteiger partial charge in [0.15, 0.2) is 0 Å². The van der Waals surface area contributed by atoms with Gasteiger partial charge in [-0.15, -0.1) is 0 Å². The van der Waals surface area contributed by atoms with Crippen molar-refractivity contribution < 1.29 is 23.9 Å². The topological polar surface area (TPSA) is 131 Å². The molecule has 9 nitrogen and oxygen atoms in total. The zero-order valence-corrected chi connectivity index (χ0v) is 23.2. The van der Waals surface area contributed by atoms with Crippen LogP contribution in [0.5, 0.6) is 0 Å². The second kappa shape index (κ2) is 12.0. The molecule has 4 amide bonds. The number of nitrogens with one attached hydrogen (secondary N) is 2. The second-order valence-electron chi connectivity index (χ2n) is 10.6. The number of ether oxygens (including phenoxy) is 1. The number of benzene rings is 3. The molecule has 2 atom stereocenters. The number of hydrogen-bond acceptors (Lipinski definition) is 5. The second-order valence-corrected chi connectivity index (χ2v) is 10.6. The van der Waals surface area contributed by atoms with E-state index in [1.54, 1.807) is 26.8 Å². The smallest absolute Gasteiger partial charge is 0.408 e. The van der Waals surface area contributed by atoms with Crippen LogP contribution >= 0.6 is 0 Å². The highest BCUT2D eigenvalue weighted by molar-refractivity contribution is 6.01. The molecule has 0 aliphatic carbocycles. The zero-order chi connectivity index (χ0) is 28.9. The third kappa shape index (κ3) is 7.56. The first-order chi connectivity index (χ1) is 18.3.